The molecule has 5 heteroatoms. The van der Waals surface area contributed by atoms with Gasteiger partial charge in [-0.1, -0.05) is 29.3 Å². The molecule has 0 saturated heterocycles. The van der Waals surface area contributed by atoms with Crippen LogP contribution in [-0.2, 0) is 14.9 Å². The molecule has 0 fully saturated rings. The number of ether oxygens (including phenoxy) is 1. The highest BCUT2D eigenvalue weighted by molar-refractivity contribution is 6.42. The van der Waals surface area contributed by atoms with Crippen LogP contribution < -0.4 is 5.73 Å². The van der Waals surface area contributed by atoms with Crippen molar-refractivity contribution in [1.82, 2.24) is 0 Å². The molecule has 0 aliphatic heterocycles. The summed E-state index contributed by atoms with van der Waals surface area (Å²) in [6.45, 7) is 4.29. The quantitative estimate of drug-likeness (QED) is 0.847. The van der Waals surface area contributed by atoms with Crippen LogP contribution in [0.1, 0.15) is 25.8 Å². The lowest BCUT2D eigenvalue weighted by Gasteiger charge is -2.27. The number of carbonyl (C=O) groups is 1. The van der Waals surface area contributed by atoms with E-state index >= 15 is 0 Å². The Morgan fingerprint density at radius 1 is 1.39 bits per heavy atom. The summed E-state index contributed by atoms with van der Waals surface area (Å²) in [4.78, 5) is 12.1. The van der Waals surface area contributed by atoms with Crippen molar-refractivity contribution in [2.75, 3.05) is 13.2 Å². The second kappa shape index (κ2) is 6.41. The summed E-state index contributed by atoms with van der Waals surface area (Å²) in [5, 5.41) is 0.876. The van der Waals surface area contributed by atoms with Gasteiger partial charge in [-0.2, -0.15) is 0 Å². The largest absolute Gasteiger partial charge is 0.465 e. The number of esters is 1. The van der Waals surface area contributed by atoms with Crippen LogP contribution in [0.3, 0.4) is 0 Å². The van der Waals surface area contributed by atoms with Crippen LogP contribution >= 0.6 is 23.2 Å². The maximum absolute atomic E-state index is 12.1. The number of rotatable bonds is 5. The molecule has 0 aliphatic rings. The molecule has 100 valence electrons. The number of hydrogen-bond donors (Lipinski definition) is 1. The molecule has 1 aromatic carbocycles. The van der Waals surface area contributed by atoms with E-state index in [9.17, 15) is 4.79 Å². The molecule has 0 amide bonds. The highest BCUT2D eigenvalue weighted by atomic mass is 35.5. The Bertz CT molecular complexity index is 437. The lowest BCUT2D eigenvalue weighted by Crippen LogP contribution is -2.36. The summed E-state index contributed by atoms with van der Waals surface area (Å²) in [6, 6.07) is 5.14. The molecule has 18 heavy (non-hydrogen) atoms. The fraction of sp³-hybridized carbons (Fsp3) is 0.462. The third-order valence-corrected chi connectivity index (χ3v) is 3.67. The SMILES string of the molecule is CCOC(=O)C(C)(CCN)c1ccc(Cl)c(Cl)c1. The molecule has 0 spiro atoms. The van der Waals surface area contributed by atoms with Crippen LogP contribution in [0.25, 0.3) is 0 Å². The minimum absolute atomic E-state index is 0.297. The number of benzene rings is 1. The fourth-order valence-electron chi connectivity index (χ4n) is 1.78. The topological polar surface area (TPSA) is 52.3 Å². The smallest absolute Gasteiger partial charge is 0.316 e. The minimum atomic E-state index is -0.793. The van der Waals surface area contributed by atoms with Crippen molar-refractivity contribution < 1.29 is 9.53 Å². The Labute approximate surface area is 117 Å². The van der Waals surface area contributed by atoms with E-state index in [1.165, 1.54) is 0 Å². The monoisotopic (exact) mass is 289 g/mol. The van der Waals surface area contributed by atoms with E-state index in [0.29, 0.717) is 29.6 Å². The molecule has 1 atom stereocenters. The van der Waals surface area contributed by atoms with Gasteiger partial charge in [0.05, 0.1) is 22.1 Å². The predicted octanol–water partition coefficient (Wildman–Crippen LogP) is 3.16. The second-order valence-electron chi connectivity index (χ2n) is 4.22. The number of nitrogens with two attached hydrogens (primary N) is 1. The van der Waals surface area contributed by atoms with Crippen LogP contribution in [0.4, 0.5) is 0 Å². The lowest BCUT2D eigenvalue weighted by molar-refractivity contribution is -0.149. The maximum atomic E-state index is 12.1. The first-order valence-corrected chi connectivity index (χ1v) is 6.54. The molecule has 0 bridgehead atoms. The van der Waals surface area contributed by atoms with Crippen LogP contribution in [0.2, 0.25) is 10.0 Å². The van der Waals surface area contributed by atoms with E-state index < -0.39 is 5.41 Å². The molecule has 0 heterocycles. The number of halogens is 2. The van der Waals surface area contributed by atoms with E-state index in [4.69, 9.17) is 33.7 Å². The fourth-order valence-corrected chi connectivity index (χ4v) is 2.08. The zero-order valence-electron chi connectivity index (χ0n) is 10.5. The molecular weight excluding hydrogens is 273 g/mol. The summed E-state index contributed by atoms with van der Waals surface area (Å²) in [7, 11) is 0. The highest BCUT2D eigenvalue weighted by Gasteiger charge is 2.36. The van der Waals surface area contributed by atoms with E-state index in [-0.39, 0.29) is 5.97 Å². The van der Waals surface area contributed by atoms with Gasteiger partial charge in [-0.25, -0.2) is 0 Å². The molecule has 0 aromatic heterocycles. The number of hydrogen-bond acceptors (Lipinski definition) is 3. The van der Waals surface area contributed by atoms with Gasteiger partial charge in [0.15, 0.2) is 0 Å². The summed E-state index contributed by atoms with van der Waals surface area (Å²) >= 11 is 11.9. The summed E-state index contributed by atoms with van der Waals surface area (Å²) in [5.41, 5.74) is 5.56. The molecule has 1 rings (SSSR count). The Hall–Kier alpha value is -0.770. The van der Waals surface area contributed by atoms with Crippen molar-refractivity contribution in [3.05, 3.63) is 33.8 Å². The summed E-state index contributed by atoms with van der Waals surface area (Å²) < 4.78 is 5.11. The van der Waals surface area contributed by atoms with Crippen LogP contribution in [-0.4, -0.2) is 19.1 Å². The van der Waals surface area contributed by atoms with E-state index in [1.807, 2.05) is 0 Å². The molecule has 1 unspecified atom stereocenters. The van der Waals surface area contributed by atoms with Crippen molar-refractivity contribution in [3.8, 4) is 0 Å². The van der Waals surface area contributed by atoms with Crippen molar-refractivity contribution >= 4 is 29.2 Å². The number of carbonyl (C=O) groups excluding carboxylic acids is 1. The first-order chi connectivity index (χ1) is 8.45. The average molecular weight is 290 g/mol. The molecule has 0 saturated carbocycles. The van der Waals surface area contributed by atoms with Gasteiger partial charge in [0, 0.05) is 0 Å². The molecular formula is C13H17Cl2NO2. The molecule has 2 N–H and O–H groups in total. The standard InChI is InChI=1S/C13H17Cl2NO2/c1-3-18-12(17)13(2,6-7-16)9-4-5-10(14)11(15)8-9/h4-5,8H,3,6-7,16H2,1-2H3. The van der Waals surface area contributed by atoms with Crippen LogP contribution in [0, 0.1) is 0 Å². The van der Waals surface area contributed by atoms with Gasteiger partial charge < -0.3 is 10.5 Å². The minimum Gasteiger partial charge on any atom is -0.465 e. The van der Waals surface area contributed by atoms with Gasteiger partial charge in [-0.3, -0.25) is 4.79 Å². The molecule has 0 aliphatic carbocycles. The molecule has 3 nitrogen and oxygen atoms in total. The zero-order chi connectivity index (χ0) is 13.8. The normalized spacial score (nSPS) is 14.1. The predicted molar refractivity (Wildman–Crippen MR) is 74.1 cm³/mol. The van der Waals surface area contributed by atoms with Crippen molar-refractivity contribution in [3.63, 3.8) is 0 Å². The maximum Gasteiger partial charge on any atom is 0.316 e. The Kier molecular flexibility index (Phi) is 5.45. The Balaban J connectivity index is 3.17. The third-order valence-electron chi connectivity index (χ3n) is 2.93. The van der Waals surface area contributed by atoms with Crippen molar-refractivity contribution in [2.45, 2.75) is 25.7 Å². The summed E-state index contributed by atoms with van der Waals surface area (Å²) in [5.74, 6) is -0.297. The van der Waals surface area contributed by atoms with E-state index in [1.54, 1.807) is 32.0 Å². The van der Waals surface area contributed by atoms with Gasteiger partial charge in [0.2, 0.25) is 0 Å². The summed E-state index contributed by atoms with van der Waals surface area (Å²) in [6.07, 6.45) is 0.490. The third kappa shape index (κ3) is 3.16. The van der Waals surface area contributed by atoms with Gasteiger partial charge in [-0.05, 0) is 44.5 Å². The van der Waals surface area contributed by atoms with Gasteiger partial charge in [0.25, 0.3) is 0 Å². The Morgan fingerprint density at radius 3 is 2.56 bits per heavy atom. The zero-order valence-corrected chi connectivity index (χ0v) is 12.0. The van der Waals surface area contributed by atoms with Crippen LogP contribution in [0.15, 0.2) is 18.2 Å². The van der Waals surface area contributed by atoms with Gasteiger partial charge in [-0.15, -0.1) is 0 Å². The average Bonchev–Trinajstić information content (AvgIpc) is 2.33. The van der Waals surface area contributed by atoms with Crippen LogP contribution in [0.5, 0.6) is 0 Å². The second-order valence-corrected chi connectivity index (χ2v) is 5.03. The molecule has 1 aromatic rings. The lowest BCUT2D eigenvalue weighted by atomic mass is 9.79. The first-order valence-electron chi connectivity index (χ1n) is 5.78. The van der Waals surface area contributed by atoms with Crippen molar-refractivity contribution in [2.24, 2.45) is 5.73 Å². The van der Waals surface area contributed by atoms with Gasteiger partial charge >= 0.3 is 5.97 Å². The highest BCUT2D eigenvalue weighted by Crippen LogP contribution is 2.33. The van der Waals surface area contributed by atoms with E-state index in [0.717, 1.165) is 5.56 Å². The molecule has 0 radical (unpaired) electrons. The van der Waals surface area contributed by atoms with E-state index in [2.05, 4.69) is 0 Å². The Morgan fingerprint density at radius 2 is 2.06 bits per heavy atom. The van der Waals surface area contributed by atoms with Gasteiger partial charge in [0.1, 0.15) is 0 Å². The first kappa shape index (κ1) is 15.3. The van der Waals surface area contributed by atoms with Crippen molar-refractivity contribution in [1.29, 1.82) is 0 Å².